The lowest BCUT2D eigenvalue weighted by Gasteiger charge is -2.15. The summed E-state index contributed by atoms with van der Waals surface area (Å²) < 4.78 is 0. The van der Waals surface area contributed by atoms with Crippen LogP contribution in [-0.2, 0) is 0 Å². The number of rotatable bonds is 3. The van der Waals surface area contributed by atoms with Gasteiger partial charge in [-0.25, -0.2) is 9.97 Å². The topological polar surface area (TPSA) is 87.6 Å². The van der Waals surface area contributed by atoms with Crippen LogP contribution in [0.1, 0.15) is 24.2 Å². The number of anilines is 2. The summed E-state index contributed by atoms with van der Waals surface area (Å²) in [5, 5.41) is 11.9. The molecule has 5 heteroatoms. The minimum absolute atomic E-state index is 0.0276. The molecule has 1 aromatic carbocycles. The number of nitrogen functional groups attached to an aromatic ring is 1. The third-order valence-corrected chi connectivity index (χ3v) is 2.58. The van der Waals surface area contributed by atoms with Gasteiger partial charge in [-0.2, -0.15) is 5.26 Å². The zero-order valence-electron chi connectivity index (χ0n) is 9.96. The molecule has 0 bridgehead atoms. The largest absolute Gasteiger partial charge is 0.398 e. The fourth-order valence-electron chi connectivity index (χ4n) is 1.67. The number of hydrogen-bond donors (Lipinski definition) is 2. The third-order valence-electron chi connectivity index (χ3n) is 2.58. The smallest absolute Gasteiger partial charge is 0.224 e. The van der Waals surface area contributed by atoms with Crippen molar-refractivity contribution in [1.82, 2.24) is 9.97 Å². The van der Waals surface area contributed by atoms with Gasteiger partial charge in [-0.1, -0.05) is 18.2 Å². The number of aromatic nitrogens is 2. The van der Waals surface area contributed by atoms with Crippen molar-refractivity contribution >= 4 is 11.6 Å². The van der Waals surface area contributed by atoms with E-state index in [4.69, 9.17) is 11.0 Å². The predicted octanol–water partition coefficient (Wildman–Crippen LogP) is 2.10. The summed E-state index contributed by atoms with van der Waals surface area (Å²) in [6.45, 7) is 1.97. The molecule has 2 aromatic rings. The summed E-state index contributed by atoms with van der Waals surface area (Å²) in [6.07, 6.45) is 1.55. The van der Waals surface area contributed by atoms with E-state index in [9.17, 15) is 0 Å². The lowest BCUT2D eigenvalue weighted by Crippen LogP contribution is -2.11. The molecule has 0 saturated carbocycles. The van der Waals surface area contributed by atoms with Gasteiger partial charge in [-0.3, -0.25) is 0 Å². The zero-order chi connectivity index (χ0) is 13.0. The van der Waals surface area contributed by atoms with Gasteiger partial charge in [0.15, 0.2) is 0 Å². The molecule has 1 atom stereocenters. The highest BCUT2D eigenvalue weighted by Gasteiger charge is 2.09. The summed E-state index contributed by atoms with van der Waals surface area (Å²) in [5.41, 5.74) is 7.92. The highest BCUT2D eigenvalue weighted by molar-refractivity contribution is 5.50. The molecule has 0 aliphatic heterocycles. The van der Waals surface area contributed by atoms with Crippen LogP contribution in [0.3, 0.4) is 0 Å². The maximum Gasteiger partial charge on any atom is 0.224 e. The minimum Gasteiger partial charge on any atom is -0.398 e. The van der Waals surface area contributed by atoms with E-state index < -0.39 is 0 Å². The van der Waals surface area contributed by atoms with Gasteiger partial charge in [0.25, 0.3) is 0 Å². The Labute approximate surface area is 105 Å². The second-order valence-electron chi connectivity index (χ2n) is 3.87. The molecule has 0 amide bonds. The van der Waals surface area contributed by atoms with Gasteiger partial charge >= 0.3 is 0 Å². The fourth-order valence-corrected chi connectivity index (χ4v) is 1.67. The van der Waals surface area contributed by atoms with E-state index in [1.54, 1.807) is 12.3 Å². The quantitative estimate of drug-likeness (QED) is 0.801. The Bertz CT molecular complexity index is 588. The standard InChI is InChI=1S/C13H13N5/c1-9(11-4-2-3-5-12(11)15)17-13-16-7-6-10(8-14)18-13/h2-7,9H,15H2,1H3,(H,16,17,18). The van der Waals surface area contributed by atoms with Crippen LogP contribution in [-0.4, -0.2) is 9.97 Å². The van der Waals surface area contributed by atoms with E-state index in [1.165, 1.54) is 0 Å². The molecule has 1 aromatic heterocycles. The molecule has 0 fully saturated rings. The number of nitrogens with zero attached hydrogens (tertiary/aromatic N) is 3. The molecule has 0 saturated heterocycles. The van der Waals surface area contributed by atoms with E-state index in [-0.39, 0.29) is 6.04 Å². The second-order valence-corrected chi connectivity index (χ2v) is 3.87. The Balaban J connectivity index is 2.19. The first-order valence-corrected chi connectivity index (χ1v) is 5.55. The monoisotopic (exact) mass is 239 g/mol. The number of nitriles is 1. The molecule has 0 radical (unpaired) electrons. The van der Waals surface area contributed by atoms with Gasteiger partial charge in [0, 0.05) is 11.9 Å². The molecule has 1 unspecified atom stereocenters. The average Bonchev–Trinajstić information content (AvgIpc) is 2.39. The number of nitrogens with one attached hydrogen (secondary N) is 1. The molecule has 0 spiro atoms. The molecule has 0 aliphatic carbocycles. The van der Waals surface area contributed by atoms with E-state index in [1.807, 2.05) is 37.3 Å². The Hall–Kier alpha value is -2.61. The van der Waals surface area contributed by atoms with Gasteiger partial charge in [-0.05, 0) is 24.6 Å². The number of hydrogen-bond acceptors (Lipinski definition) is 5. The summed E-state index contributed by atoms with van der Waals surface area (Å²) in [6, 6.07) is 11.1. The van der Waals surface area contributed by atoms with Crippen LogP contribution in [0.5, 0.6) is 0 Å². The predicted molar refractivity (Wildman–Crippen MR) is 69.6 cm³/mol. The lowest BCUT2D eigenvalue weighted by molar-refractivity contribution is 0.862. The molecular weight excluding hydrogens is 226 g/mol. The summed E-state index contributed by atoms with van der Waals surface area (Å²) in [7, 11) is 0. The summed E-state index contributed by atoms with van der Waals surface area (Å²) in [4.78, 5) is 8.13. The molecule has 5 nitrogen and oxygen atoms in total. The van der Waals surface area contributed by atoms with Crippen molar-refractivity contribution in [1.29, 1.82) is 5.26 Å². The van der Waals surface area contributed by atoms with E-state index in [0.29, 0.717) is 17.3 Å². The van der Waals surface area contributed by atoms with Crippen molar-refractivity contribution in [3.63, 3.8) is 0 Å². The molecule has 0 aliphatic rings. The van der Waals surface area contributed by atoms with Crippen LogP contribution in [0, 0.1) is 11.3 Å². The third kappa shape index (κ3) is 2.55. The van der Waals surface area contributed by atoms with Crippen molar-refractivity contribution < 1.29 is 0 Å². The van der Waals surface area contributed by atoms with Gasteiger partial charge in [0.2, 0.25) is 5.95 Å². The maximum absolute atomic E-state index is 8.77. The number of para-hydroxylation sites is 1. The minimum atomic E-state index is -0.0276. The first kappa shape index (κ1) is 11.9. The van der Waals surface area contributed by atoms with Crippen LogP contribution >= 0.6 is 0 Å². The Morgan fingerprint density at radius 2 is 2.11 bits per heavy atom. The molecule has 2 rings (SSSR count). The van der Waals surface area contributed by atoms with Crippen molar-refractivity contribution in [2.24, 2.45) is 0 Å². The van der Waals surface area contributed by atoms with E-state index >= 15 is 0 Å². The van der Waals surface area contributed by atoms with Crippen molar-refractivity contribution in [3.8, 4) is 6.07 Å². The highest BCUT2D eigenvalue weighted by atomic mass is 15.1. The van der Waals surface area contributed by atoms with Crippen molar-refractivity contribution in [2.75, 3.05) is 11.1 Å². The summed E-state index contributed by atoms with van der Waals surface area (Å²) >= 11 is 0. The Morgan fingerprint density at radius 3 is 2.83 bits per heavy atom. The number of nitrogens with two attached hydrogens (primary N) is 1. The van der Waals surface area contributed by atoms with Crippen LogP contribution < -0.4 is 11.1 Å². The van der Waals surface area contributed by atoms with Crippen molar-refractivity contribution in [2.45, 2.75) is 13.0 Å². The highest BCUT2D eigenvalue weighted by Crippen LogP contribution is 2.22. The first-order valence-electron chi connectivity index (χ1n) is 5.55. The normalized spacial score (nSPS) is 11.6. The van der Waals surface area contributed by atoms with Gasteiger partial charge < -0.3 is 11.1 Å². The van der Waals surface area contributed by atoms with Crippen LogP contribution in [0.25, 0.3) is 0 Å². The van der Waals surface area contributed by atoms with Gasteiger partial charge in [0.1, 0.15) is 11.8 Å². The molecule has 18 heavy (non-hydrogen) atoms. The van der Waals surface area contributed by atoms with Crippen LogP contribution in [0.4, 0.5) is 11.6 Å². The first-order chi connectivity index (χ1) is 8.70. The zero-order valence-corrected chi connectivity index (χ0v) is 9.96. The number of benzene rings is 1. The molecular formula is C13H13N5. The fraction of sp³-hybridized carbons (Fsp3) is 0.154. The van der Waals surface area contributed by atoms with Crippen molar-refractivity contribution in [3.05, 3.63) is 47.8 Å². The van der Waals surface area contributed by atoms with Crippen LogP contribution in [0.15, 0.2) is 36.5 Å². The Morgan fingerprint density at radius 1 is 1.33 bits per heavy atom. The maximum atomic E-state index is 8.77. The summed E-state index contributed by atoms with van der Waals surface area (Å²) in [5.74, 6) is 0.421. The van der Waals surface area contributed by atoms with Gasteiger partial charge in [0.05, 0.1) is 6.04 Å². The lowest BCUT2D eigenvalue weighted by atomic mass is 10.1. The molecule has 3 N–H and O–H groups in total. The van der Waals surface area contributed by atoms with E-state index in [0.717, 1.165) is 5.56 Å². The molecule has 90 valence electrons. The average molecular weight is 239 g/mol. The SMILES string of the molecule is CC(Nc1nccc(C#N)n1)c1ccccc1N. The van der Waals surface area contributed by atoms with E-state index in [2.05, 4.69) is 15.3 Å². The Kier molecular flexibility index (Phi) is 3.39. The molecule has 1 heterocycles. The second kappa shape index (κ2) is 5.15. The van der Waals surface area contributed by atoms with Gasteiger partial charge in [-0.15, -0.1) is 0 Å². The van der Waals surface area contributed by atoms with Crippen LogP contribution in [0.2, 0.25) is 0 Å².